The summed E-state index contributed by atoms with van der Waals surface area (Å²) >= 11 is 1.87. The van der Waals surface area contributed by atoms with Crippen molar-refractivity contribution in [2.24, 2.45) is 5.73 Å². The summed E-state index contributed by atoms with van der Waals surface area (Å²) in [6, 6.07) is 14.7. The molecule has 5 nitrogen and oxygen atoms in total. The van der Waals surface area contributed by atoms with Crippen LogP contribution in [0.25, 0.3) is 0 Å². The predicted octanol–water partition coefficient (Wildman–Crippen LogP) is 3.21. The summed E-state index contributed by atoms with van der Waals surface area (Å²) in [7, 11) is 0. The molecule has 2 amide bonds. The van der Waals surface area contributed by atoms with Crippen molar-refractivity contribution >= 4 is 29.3 Å². The molecule has 27 heavy (non-hydrogen) atoms. The largest absolute Gasteiger partial charge is 0.337 e. The highest BCUT2D eigenvalue weighted by molar-refractivity contribution is 7.99. The number of anilines is 1. The maximum atomic E-state index is 12.8. The van der Waals surface area contributed by atoms with Gasteiger partial charge in [0.25, 0.3) is 5.91 Å². The van der Waals surface area contributed by atoms with Crippen LogP contribution in [0.15, 0.2) is 48.5 Å². The smallest absolute Gasteiger partial charge is 0.254 e. The van der Waals surface area contributed by atoms with Crippen molar-refractivity contribution in [2.45, 2.75) is 19.4 Å². The Morgan fingerprint density at radius 1 is 1.11 bits per heavy atom. The fraction of sp³-hybridized carbons (Fsp3) is 0.333. The van der Waals surface area contributed by atoms with Crippen LogP contribution in [0, 0.1) is 6.92 Å². The summed E-state index contributed by atoms with van der Waals surface area (Å²) in [6.07, 6.45) is 0.185. The van der Waals surface area contributed by atoms with E-state index in [1.807, 2.05) is 72.1 Å². The molecule has 0 spiro atoms. The van der Waals surface area contributed by atoms with Crippen LogP contribution >= 0.6 is 11.8 Å². The zero-order chi connectivity index (χ0) is 19.2. The maximum Gasteiger partial charge on any atom is 0.254 e. The Morgan fingerprint density at radius 2 is 1.81 bits per heavy atom. The topological polar surface area (TPSA) is 75.4 Å². The third-order valence-corrected chi connectivity index (χ3v) is 5.71. The predicted molar refractivity (Wildman–Crippen MR) is 111 cm³/mol. The molecule has 3 rings (SSSR count). The highest BCUT2D eigenvalue weighted by Gasteiger charge is 2.21. The average molecular weight is 384 g/mol. The van der Waals surface area contributed by atoms with Gasteiger partial charge in [0.1, 0.15) is 0 Å². The molecule has 0 bridgehead atoms. The SMILES string of the molecule is Cc1c(NC(=O)CC(N)c2ccccc2)cccc1C(=O)N1CCSCC1. The highest BCUT2D eigenvalue weighted by Crippen LogP contribution is 2.23. The number of hydrogen-bond donors (Lipinski definition) is 2. The van der Waals surface area contributed by atoms with E-state index in [-0.39, 0.29) is 24.3 Å². The zero-order valence-corrected chi connectivity index (χ0v) is 16.3. The fourth-order valence-electron chi connectivity index (χ4n) is 3.16. The molecule has 0 saturated carbocycles. The second kappa shape index (κ2) is 9.06. The number of amides is 2. The lowest BCUT2D eigenvalue weighted by molar-refractivity contribution is -0.116. The van der Waals surface area contributed by atoms with Crippen molar-refractivity contribution < 1.29 is 9.59 Å². The van der Waals surface area contributed by atoms with Gasteiger partial charge in [-0.25, -0.2) is 0 Å². The minimum absolute atomic E-state index is 0.0323. The van der Waals surface area contributed by atoms with Crippen LogP contribution in [-0.4, -0.2) is 41.3 Å². The molecule has 1 aliphatic heterocycles. The van der Waals surface area contributed by atoms with Gasteiger partial charge in [0.05, 0.1) is 0 Å². The molecular formula is C21H25N3O2S. The molecular weight excluding hydrogens is 358 g/mol. The van der Waals surface area contributed by atoms with Crippen molar-refractivity contribution in [1.29, 1.82) is 0 Å². The Morgan fingerprint density at radius 3 is 2.52 bits per heavy atom. The van der Waals surface area contributed by atoms with Crippen molar-refractivity contribution in [1.82, 2.24) is 4.90 Å². The Kier molecular flexibility index (Phi) is 6.53. The lowest BCUT2D eigenvalue weighted by atomic mass is 10.0. The van der Waals surface area contributed by atoms with E-state index in [1.165, 1.54) is 0 Å². The second-order valence-corrected chi connectivity index (χ2v) is 7.88. The molecule has 1 aliphatic rings. The minimum Gasteiger partial charge on any atom is -0.337 e. The first-order valence-electron chi connectivity index (χ1n) is 9.13. The monoisotopic (exact) mass is 383 g/mol. The molecule has 1 heterocycles. The Balaban J connectivity index is 1.68. The van der Waals surface area contributed by atoms with E-state index in [9.17, 15) is 9.59 Å². The summed E-state index contributed by atoms with van der Waals surface area (Å²) in [4.78, 5) is 27.1. The van der Waals surface area contributed by atoms with Gasteiger partial charge >= 0.3 is 0 Å². The Hall–Kier alpha value is -2.31. The van der Waals surface area contributed by atoms with Gasteiger partial charge in [-0.15, -0.1) is 0 Å². The summed E-state index contributed by atoms with van der Waals surface area (Å²) < 4.78 is 0. The van der Waals surface area contributed by atoms with Crippen LogP contribution in [0.2, 0.25) is 0 Å². The molecule has 3 N–H and O–H groups in total. The number of benzene rings is 2. The van der Waals surface area contributed by atoms with E-state index in [0.717, 1.165) is 35.7 Å². The average Bonchev–Trinajstić information content (AvgIpc) is 2.70. The lowest BCUT2D eigenvalue weighted by Gasteiger charge is -2.27. The maximum absolute atomic E-state index is 12.8. The third kappa shape index (κ3) is 4.90. The molecule has 1 atom stereocenters. The van der Waals surface area contributed by atoms with E-state index in [2.05, 4.69) is 5.32 Å². The molecule has 1 saturated heterocycles. The van der Waals surface area contributed by atoms with Crippen LogP contribution in [0.5, 0.6) is 0 Å². The van der Waals surface area contributed by atoms with E-state index < -0.39 is 0 Å². The van der Waals surface area contributed by atoms with Crippen molar-refractivity contribution in [3.63, 3.8) is 0 Å². The first kappa shape index (κ1) is 19.5. The molecule has 0 radical (unpaired) electrons. The summed E-state index contributed by atoms with van der Waals surface area (Å²) in [5.74, 6) is 1.82. The quantitative estimate of drug-likeness (QED) is 0.831. The molecule has 2 aromatic carbocycles. The highest BCUT2D eigenvalue weighted by atomic mass is 32.2. The van der Waals surface area contributed by atoms with Crippen molar-refractivity contribution in [2.75, 3.05) is 29.9 Å². The second-order valence-electron chi connectivity index (χ2n) is 6.65. The van der Waals surface area contributed by atoms with Crippen molar-refractivity contribution in [3.05, 3.63) is 65.2 Å². The molecule has 2 aromatic rings. The molecule has 0 aliphatic carbocycles. The number of nitrogens with zero attached hydrogens (tertiary/aromatic N) is 1. The number of carbonyl (C=O) groups is 2. The van der Waals surface area contributed by atoms with Crippen LogP contribution in [0.1, 0.15) is 33.9 Å². The zero-order valence-electron chi connectivity index (χ0n) is 15.5. The molecule has 1 unspecified atom stereocenters. The number of thioether (sulfide) groups is 1. The van der Waals surface area contributed by atoms with Gasteiger partial charge in [-0.05, 0) is 30.2 Å². The number of nitrogens with one attached hydrogen (secondary N) is 1. The van der Waals surface area contributed by atoms with Crippen molar-refractivity contribution in [3.8, 4) is 0 Å². The van der Waals surface area contributed by atoms with E-state index in [1.54, 1.807) is 0 Å². The van der Waals surface area contributed by atoms with Gasteiger partial charge in [0.15, 0.2) is 0 Å². The van der Waals surface area contributed by atoms with E-state index in [4.69, 9.17) is 5.73 Å². The van der Waals surface area contributed by atoms with Gasteiger partial charge in [-0.3, -0.25) is 9.59 Å². The minimum atomic E-state index is -0.359. The lowest BCUT2D eigenvalue weighted by Crippen LogP contribution is -2.38. The van der Waals surface area contributed by atoms with Crippen LogP contribution in [-0.2, 0) is 4.79 Å². The van der Waals surface area contributed by atoms with Gasteiger partial charge in [0.2, 0.25) is 5.91 Å². The summed E-state index contributed by atoms with van der Waals surface area (Å²) in [6.45, 7) is 3.41. The fourth-order valence-corrected chi connectivity index (χ4v) is 4.06. The molecule has 142 valence electrons. The standard InChI is InChI=1S/C21H25N3O2S/c1-15-17(21(26)24-10-12-27-13-11-24)8-5-9-19(15)23-20(25)14-18(22)16-6-3-2-4-7-16/h2-9,18H,10-14,22H2,1H3,(H,23,25). The van der Waals surface area contributed by atoms with Crippen LogP contribution in [0.3, 0.4) is 0 Å². The Labute approximate surface area is 164 Å². The van der Waals surface area contributed by atoms with Gasteiger partial charge in [0, 0.05) is 48.3 Å². The number of hydrogen-bond acceptors (Lipinski definition) is 4. The first-order valence-corrected chi connectivity index (χ1v) is 10.3. The summed E-state index contributed by atoms with van der Waals surface area (Å²) in [5, 5.41) is 2.92. The van der Waals surface area contributed by atoms with Crippen LogP contribution < -0.4 is 11.1 Å². The molecule has 6 heteroatoms. The van der Waals surface area contributed by atoms with Gasteiger partial charge in [-0.2, -0.15) is 11.8 Å². The van der Waals surface area contributed by atoms with Crippen LogP contribution in [0.4, 0.5) is 5.69 Å². The normalized spacial score (nSPS) is 15.3. The Bertz CT molecular complexity index is 804. The molecule has 0 aromatic heterocycles. The third-order valence-electron chi connectivity index (χ3n) is 4.77. The number of nitrogens with two attached hydrogens (primary N) is 1. The number of rotatable bonds is 5. The van der Waals surface area contributed by atoms with Gasteiger partial charge < -0.3 is 16.0 Å². The number of carbonyl (C=O) groups excluding carboxylic acids is 2. The first-order chi connectivity index (χ1) is 13.1. The van der Waals surface area contributed by atoms with E-state index >= 15 is 0 Å². The molecule has 1 fully saturated rings. The van der Waals surface area contributed by atoms with E-state index in [0.29, 0.717) is 11.3 Å². The van der Waals surface area contributed by atoms with Gasteiger partial charge in [-0.1, -0.05) is 36.4 Å². The summed E-state index contributed by atoms with van der Waals surface area (Å²) in [5.41, 5.74) is 9.17.